The van der Waals surface area contributed by atoms with E-state index < -0.39 is 0 Å². The van der Waals surface area contributed by atoms with Gasteiger partial charge in [-0.05, 0) is 29.2 Å². The summed E-state index contributed by atoms with van der Waals surface area (Å²) in [6.45, 7) is 7.03. The normalized spacial score (nSPS) is 12.0. The summed E-state index contributed by atoms with van der Waals surface area (Å²) < 4.78 is 0. The largest absolute Gasteiger partial charge is 0.330 e. The van der Waals surface area contributed by atoms with Crippen LogP contribution in [0.2, 0.25) is 0 Å². The number of nitrogens with one attached hydrogen (secondary N) is 1. The highest BCUT2D eigenvalue weighted by Crippen LogP contribution is 2.32. The Morgan fingerprint density at radius 1 is 1.24 bits per heavy atom. The molecule has 0 spiro atoms. The number of nitrogens with two attached hydrogens (primary N) is 1. The van der Waals surface area contributed by atoms with Gasteiger partial charge in [-0.2, -0.15) is 5.10 Å². The highest BCUT2D eigenvalue weighted by molar-refractivity contribution is 5.93. The lowest BCUT2D eigenvalue weighted by atomic mass is 9.83. The highest BCUT2D eigenvalue weighted by Gasteiger charge is 2.19. The lowest BCUT2D eigenvalue weighted by Gasteiger charge is -2.24. The van der Waals surface area contributed by atoms with Crippen LogP contribution in [0.5, 0.6) is 0 Å². The molecule has 0 radical (unpaired) electrons. The van der Waals surface area contributed by atoms with Crippen molar-refractivity contribution < 1.29 is 0 Å². The topological polar surface area (TPSA) is 67.6 Å². The first-order valence-electron chi connectivity index (χ1n) is 7.12. The Kier molecular flexibility index (Phi) is 3.26. The third kappa shape index (κ3) is 2.32. The fourth-order valence-electron chi connectivity index (χ4n) is 2.60. The Balaban J connectivity index is 2.22. The van der Waals surface area contributed by atoms with Crippen molar-refractivity contribution in [2.75, 3.05) is 6.54 Å². The number of H-pyrrole nitrogens is 1. The Hall–Kier alpha value is -2.20. The van der Waals surface area contributed by atoms with Gasteiger partial charge in [0.05, 0.1) is 6.20 Å². The zero-order chi connectivity index (χ0) is 15.0. The summed E-state index contributed by atoms with van der Waals surface area (Å²) in [6, 6.07) is 8.58. The third-order valence-electron chi connectivity index (χ3n) is 4.11. The number of aryl methyl sites for hydroxylation is 1. The van der Waals surface area contributed by atoms with Crippen LogP contribution in [0.4, 0.5) is 0 Å². The van der Waals surface area contributed by atoms with E-state index in [0.717, 1.165) is 16.6 Å². The minimum atomic E-state index is -0.0353. The van der Waals surface area contributed by atoms with Crippen LogP contribution in [0.25, 0.3) is 22.2 Å². The lowest BCUT2D eigenvalue weighted by molar-refractivity contribution is 0.539. The Bertz CT molecular complexity index is 786. The quantitative estimate of drug-likeness (QED) is 0.774. The van der Waals surface area contributed by atoms with Crippen molar-refractivity contribution in [2.45, 2.75) is 26.2 Å². The van der Waals surface area contributed by atoms with Gasteiger partial charge in [0.2, 0.25) is 0 Å². The van der Waals surface area contributed by atoms with Gasteiger partial charge in [-0.25, -0.2) is 4.98 Å². The number of aromatic amines is 1. The van der Waals surface area contributed by atoms with E-state index in [1.54, 1.807) is 0 Å². The van der Waals surface area contributed by atoms with E-state index in [2.05, 4.69) is 60.2 Å². The molecule has 0 bridgehead atoms. The molecule has 2 heterocycles. The van der Waals surface area contributed by atoms with Crippen LogP contribution in [-0.2, 0) is 5.41 Å². The molecule has 0 aliphatic carbocycles. The second-order valence-electron chi connectivity index (χ2n) is 6.12. The van der Waals surface area contributed by atoms with Crippen LogP contribution in [0.1, 0.15) is 25.0 Å². The zero-order valence-corrected chi connectivity index (χ0v) is 12.6. The van der Waals surface area contributed by atoms with Crippen molar-refractivity contribution in [3.05, 3.63) is 47.8 Å². The molecule has 0 aliphatic rings. The molecule has 3 aromatic rings. The maximum absolute atomic E-state index is 5.91. The molecule has 1 aromatic carbocycles. The van der Waals surface area contributed by atoms with Gasteiger partial charge in [-0.1, -0.05) is 38.1 Å². The van der Waals surface area contributed by atoms with Gasteiger partial charge in [-0.15, -0.1) is 0 Å². The van der Waals surface area contributed by atoms with Gasteiger partial charge in [0.15, 0.2) is 5.65 Å². The molecule has 0 saturated carbocycles. The lowest BCUT2D eigenvalue weighted by Crippen LogP contribution is -2.27. The second kappa shape index (κ2) is 4.97. The van der Waals surface area contributed by atoms with E-state index in [1.807, 2.05) is 12.4 Å². The van der Waals surface area contributed by atoms with Crippen molar-refractivity contribution in [3.8, 4) is 11.1 Å². The molecule has 108 valence electrons. The Morgan fingerprint density at radius 3 is 2.81 bits per heavy atom. The summed E-state index contributed by atoms with van der Waals surface area (Å²) in [5.41, 5.74) is 11.4. The van der Waals surface area contributed by atoms with E-state index in [-0.39, 0.29) is 5.41 Å². The molecule has 0 fully saturated rings. The summed E-state index contributed by atoms with van der Waals surface area (Å²) in [7, 11) is 0. The van der Waals surface area contributed by atoms with E-state index in [4.69, 9.17) is 5.73 Å². The van der Waals surface area contributed by atoms with Crippen LogP contribution in [0.15, 0.2) is 36.7 Å². The first-order valence-corrected chi connectivity index (χ1v) is 7.12. The van der Waals surface area contributed by atoms with E-state index in [9.17, 15) is 0 Å². The number of aromatic nitrogens is 3. The standard InChI is InChI=1S/C17H20N4/c1-11-8-19-16-14(9-20-21-16)15(11)12-5-4-6-13(7-12)17(2,3)10-18/h4-9H,10,18H2,1-3H3,(H,19,20,21). The minimum Gasteiger partial charge on any atom is -0.330 e. The summed E-state index contributed by atoms with van der Waals surface area (Å²) in [6.07, 6.45) is 3.72. The number of hydrogen-bond acceptors (Lipinski definition) is 3. The van der Waals surface area contributed by atoms with E-state index in [1.165, 1.54) is 16.7 Å². The fourth-order valence-corrected chi connectivity index (χ4v) is 2.60. The molecule has 0 aliphatic heterocycles. The SMILES string of the molecule is Cc1cnc2[nH]ncc2c1-c1cccc(C(C)(C)CN)c1. The van der Waals surface area contributed by atoms with Crippen molar-refractivity contribution in [2.24, 2.45) is 5.73 Å². The Morgan fingerprint density at radius 2 is 2.05 bits per heavy atom. The first kappa shape index (κ1) is 13.8. The summed E-state index contributed by atoms with van der Waals surface area (Å²) in [5.74, 6) is 0. The average Bonchev–Trinajstić information content (AvgIpc) is 2.95. The average molecular weight is 280 g/mol. The van der Waals surface area contributed by atoms with E-state index >= 15 is 0 Å². The van der Waals surface area contributed by atoms with Gasteiger partial charge in [0, 0.05) is 23.5 Å². The molecule has 0 amide bonds. The smallest absolute Gasteiger partial charge is 0.155 e. The monoisotopic (exact) mass is 280 g/mol. The number of hydrogen-bond donors (Lipinski definition) is 2. The van der Waals surface area contributed by atoms with Crippen LogP contribution in [0, 0.1) is 6.92 Å². The zero-order valence-electron chi connectivity index (χ0n) is 12.6. The maximum atomic E-state index is 5.91. The van der Waals surface area contributed by atoms with Gasteiger partial charge >= 0.3 is 0 Å². The Labute approximate surface area is 124 Å². The molecule has 4 nitrogen and oxygen atoms in total. The van der Waals surface area contributed by atoms with Crippen LogP contribution >= 0.6 is 0 Å². The molecule has 0 unspecified atom stereocenters. The van der Waals surface area contributed by atoms with Crippen LogP contribution < -0.4 is 5.73 Å². The van der Waals surface area contributed by atoms with Crippen LogP contribution in [0.3, 0.4) is 0 Å². The van der Waals surface area contributed by atoms with Gasteiger partial charge in [-0.3, -0.25) is 5.10 Å². The molecular weight excluding hydrogens is 260 g/mol. The highest BCUT2D eigenvalue weighted by atomic mass is 15.1. The van der Waals surface area contributed by atoms with Crippen molar-refractivity contribution in [3.63, 3.8) is 0 Å². The molecule has 3 N–H and O–H groups in total. The van der Waals surface area contributed by atoms with Crippen molar-refractivity contribution >= 4 is 11.0 Å². The molecule has 0 saturated heterocycles. The molecule has 21 heavy (non-hydrogen) atoms. The van der Waals surface area contributed by atoms with Crippen molar-refractivity contribution in [1.82, 2.24) is 15.2 Å². The number of nitrogens with zero attached hydrogens (tertiary/aromatic N) is 2. The number of fused-ring (bicyclic) bond motifs is 1. The molecule has 3 rings (SSSR count). The number of benzene rings is 1. The van der Waals surface area contributed by atoms with Gasteiger partial charge < -0.3 is 5.73 Å². The predicted octanol–water partition coefficient (Wildman–Crippen LogP) is 3.17. The second-order valence-corrected chi connectivity index (χ2v) is 6.12. The summed E-state index contributed by atoms with van der Waals surface area (Å²) in [4.78, 5) is 4.38. The summed E-state index contributed by atoms with van der Waals surface area (Å²) >= 11 is 0. The minimum absolute atomic E-state index is 0.0353. The first-order chi connectivity index (χ1) is 10.0. The molecule has 2 aromatic heterocycles. The van der Waals surface area contributed by atoms with Crippen LogP contribution in [-0.4, -0.2) is 21.7 Å². The van der Waals surface area contributed by atoms with Crippen molar-refractivity contribution in [1.29, 1.82) is 0 Å². The summed E-state index contributed by atoms with van der Waals surface area (Å²) in [5, 5.41) is 8.09. The van der Waals surface area contributed by atoms with E-state index in [0.29, 0.717) is 6.54 Å². The molecule has 4 heteroatoms. The maximum Gasteiger partial charge on any atom is 0.155 e. The molecule has 0 atom stereocenters. The van der Waals surface area contributed by atoms with Gasteiger partial charge in [0.25, 0.3) is 0 Å². The molecular formula is C17H20N4. The number of rotatable bonds is 3. The number of pyridine rings is 1. The van der Waals surface area contributed by atoms with Gasteiger partial charge in [0.1, 0.15) is 0 Å². The third-order valence-corrected chi connectivity index (χ3v) is 4.11. The predicted molar refractivity (Wildman–Crippen MR) is 86.1 cm³/mol. The fraction of sp³-hybridized carbons (Fsp3) is 0.294.